The molecule has 0 N–H and O–H groups in total. The van der Waals surface area contributed by atoms with E-state index in [4.69, 9.17) is 28.4 Å². The van der Waals surface area contributed by atoms with E-state index in [1.165, 1.54) is 0 Å². The third-order valence-electron chi connectivity index (χ3n) is 3.63. The Labute approximate surface area is 256 Å². The summed E-state index contributed by atoms with van der Waals surface area (Å²) in [6, 6.07) is 0. The molecule has 0 aromatic heterocycles. The predicted molar refractivity (Wildman–Crippen MR) is 144 cm³/mol. The van der Waals surface area contributed by atoms with Gasteiger partial charge in [0.15, 0.2) is 24.4 Å². The van der Waals surface area contributed by atoms with Gasteiger partial charge in [0.1, 0.15) is 45.2 Å². The minimum Gasteiger partial charge on any atom is -0.461 e. The summed E-state index contributed by atoms with van der Waals surface area (Å²) in [4.78, 5) is 72.2. The molecule has 0 rings (SSSR count). The number of hydrogen-bond donors (Lipinski definition) is 0. The topological polar surface area (TPSA) is 158 Å². The first-order valence-corrected chi connectivity index (χ1v) is 16.2. The molecule has 0 heterocycles. The summed E-state index contributed by atoms with van der Waals surface area (Å²) in [6.45, 7) is -1.27. The van der Waals surface area contributed by atoms with E-state index in [1.54, 1.807) is 0 Å². The van der Waals surface area contributed by atoms with Gasteiger partial charge in [-0.05, 0) is 0 Å². The molecule has 0 amide bonds. The summed E-state index contributed by atoms with van der Waals surface area (Å²) < 4.78 is 31.4. The maximum absolute atomic E-state index is 12.3. The average molecular weight is 908 g/mol. The number of ether oxygens (including phenoxy) is 6. The Balaban J connectivity index is 6.59. The van der Waals surface area contributed by atoms with Crippen molar-refractivity contribution in [2.75, 3.05) is 45.2 Å². The minimum absolute atomic E-state index is 0.200. The Morgan fingerprint density at radius 3 is 0.917 bits per heavy atom. The highest BCUT2D eigenvalue weighted by atomic mass is 79.9. The average Bonchev–Trinajstić information content (AvgIpc) is 2.89. The molecule has 12 nitrogen and oxygen atoms in total. The zero-order chi connectivity index (χ0) is 27.7. The van der Waals surface area contributed by atoms with Crippen LogP contribution < -0.4 is 0 Å². The van der Waals surface area contributed by atoms with Gasteiger partial charge in [-0.3, -0.25) is 28.8 Å². The summed E-state index contributed by atoms with van der Waals surface area (Å²) in [5.41, 5.74) is 0. The van der Waals surface area contributed by atoms with Crippen LogP contribution in [0.25, 0.3) is 0 Å². The number of carbonyl (C=O) groups is 6. The lowest BCUT2D eigenvalue weighted by atomic mass is 10.0. The second-order valence-corrected chi connectivity index (χ2v) is 9.50. The van der Waals surface area contributed by atoms with Gasteiger partial charge in [-0.2, -0.15) is 0 Å². The van der Waals surface area contributed by atoms with Crippen molar-refractivity contribution in [2.24, 2.45) is 0 Å². The number of esters is 6. The van der Waals surface area contributed by atoms with Crippen LogP contribution in [0.15, 0.2) is 0 Å². The lowest BCUT2D eigenvalue weighted by Crippen LogP contribution is -2.55. The van der Waals surface area contributed by atoms with Crippen LogP contribution in [0.4, 0.5) is 0 Å². The molecule has 0 aromatic carbocycles. The van der Waals surface area contributed by atoms with Gasteiger partial charge in [-0.15, -0.1) is 0 Å². The van der Waals surface area contributed by atoms with Crippen LogP contribution in [0.1, 0.15) is 0 Å². The molecule has 0 spiro atoms. The molecule has 4 atom stereocenters. The number of hydrogen-bond acceptors (Lipinski definition) is 12. The van der Waals surface area contributed by atoms with Gasteiger partial charge in [0.2, 0.25) is 0 Å². The fraction of sp³-hybridized carbons (Fsp3) is 0.667. The van der Waals surface area contributed by atoms with Crippen molar-refractivity contribution in [1.82, 2.24) is 0 Å². The summed E-state index contributed by atoms with van der Waals surface area (Å²) >= 11 is 17.5. The molecule has 0 fully saturated rings. The Morgan fingerprint density at radius 2 is 0.667 bits per heavy atom. The Kier molecular flexibility index (Phi) is 20.5. The highest BCUT2D eigenvalue weighted by Crippen LogP contribution is 2.22. The number of rotatable bonds is 17. The van der Waals surface area contributed by atoms with Crippen molar-refractivity contribution in [1.29, 1.82) is 0 Å². The van der Waals surface area contributed by atoms with Crippen LogP contribution in [0.2, 0.25) is 0 Å². The van der Waals surface area contributed by atoms with Crippen LogP contribution in [-0.4, -0.2) is 105 Å². The first-order valence-electron chi connectivity index (χ1n) is 9.51. The molecule has 206 valence electrons. The second kappa shape index (κ2) is 20.6. The molecular formula is C18H20Br6O12. The highest BCUT2D eigenvalue weighted by Gasteiger charge is 2.45. The molecule has 0 unspecified atom stereocenters. The fourth-order valence-corrected chi connectivity index (χ4v) is 3.15. The fourth-order valence-electron chi connectivity index (χ4n) is 2.30. The first-order chi connectivity index (χ1) is 17.1. The van der Waals surface area contributed by atoms with E-state index in [1.807, 2.05) is 0 Å². The summed E-state index contributed by atoms with van der Waals surface area (Å²) in [7, 11) is 0. The molecule has 0 aliphatic rings. The normalized spacial score (nSPS) is 13.8. The molecule has 0 saturated carbocycles. The van der Waals surface area contributed by atoms with Crippen molar-refractivity contribution in [3.63, 3.8) is 0 Å². The molecule has 36 heavy (non-hydrogen) atoms. The van der Waals surface area contributed by atoms with Crippen molar-refractivity contribution >= 4 is 131 Å². The van der Waals surface area contributed by atoms with Crippen molar-refractivity contribution in [2.45, 2.75) is 24.4 Å². The molecule has 0 aliphatic carbocycles. The van der Waals surface area contributed by atoms with Crippen molar-refractivity contribution in [3.8, 4) is 0 Å². The van der Waals surface area contributed by atoms with Crippen molar-refractivity contribution < 1.29 is 57.2 Å². The van der Waals surface area contributed by atoms with Gasteiger partial charge in [-0.25, -0.2) is 0 Å². The Morgan fingerprint density at radius 1 is 0.417 bits per heavy atom. The number of alkyl halides is 6. The van der Waals surface area contributed by atoms with Crippen LogP contribution in [0.5, 0.6) is 0 Å². The maximum atomic E-state index is 12.3. The van der Waals surface area contributed by atoms with Crippen LogP contribution in [0, 0.1) is 0 Å². The first kappa shape index (κ1) is 35.7. The van der Waals surface area contributed by atoms with Gasteiger partial charge in [0, 0.05) is 0 Å². The highest BCUT2D eigenvalue weighted by molar-refractivity contribution is 9.10. The number of carbonyl (C=O) groups excluding carboxylic acids is 6. The Hall–Kier alpha value is -0.300. The second-order valence-electron chi connectivity index (χ2n) is 6.13. The quantitative estimate of drug-likeness (QED) is 0.119. The minimum atomic E-state index is -1.68. The molecule has 0 aromatic rings. The lowest BCUT2D eigenvalue weighted by Gasteiger charge is -2.35. The van der Waals surface area contributed by atoms with Gasteiger partial charge >= 0.3 is 35.8 Å². The van der Waals surface area contributed by atoms with E-state index in [9.17, 15) is 28.8 Å². The smallest absolute Gasteiger partial charge is 0.317 e. The zero-order valence-electron chi connectivity index (χ0n) is 18.1. The molecular weight excluding hydrogens is 888 g/mol. The molecule has 0 bridgehead atoms. The van der Waals surface area contributed by atoms with E-state index in [-0.39, 0.29) is 32.0 Å². The lowest BCUT2D eigenvalue weighted by molar-refractivity contribution is -0.205. The van der Waals surface area contributed by atoms with E-state index in [0.29, 0.717) is 0 Å². The predicted octanol–water partition coefficient (Wildman–Crippen LogP) is 2.09. The van der Waals surface area contributed by atoms with Gasteiger partial charge in [-0.1, -0.05) is 95.6 Å². The monoisotopic (exact) mass is 902 g/mol. The van der Waals surface area contributed by atoms with Gasteiger partial charge < -0.3 is 28.4 Å². The third kappa shape index (κ3) is 14.6. The van der Waals surface area contributed by atoms with Crippen LogP contribution in [0.3, 0.4) is 0 Å². The third-order valence-corrected chi connectivity index (χ3v) is 6.38. The summed E-state index contributed by atoms with van der Waals surface area (Å²) in [5, 5.41) is -1.62. The van der Waals surface area contributed by atoms with Crippen LogP contribution >= 0.6 is 95.6 Å². The largest absolute Gasteiger partial charge is 0.461 e. The Bertz CT molecular complexity index is 705. The van der Waals surface area contributed by atoms with E-state index < -0.39 is 73.4 Å². The van der Waals surface area contributed by atoms with E-state index in [2.05, 4.69) is 95.6 Å². The summed E-state index contributed by atoms with van der Waals surface area (Å²) in [5.74, 6) is -4.98. The number of halogens is 6. The van der Waals surface area contributed by atoms with E-state index in [0.717, 1.165) is 0 Å². The van der Waals surface area contributed by atoms with Crippen LogP contribution in [-0.2, 0) is 57.2 Å². The maximum Gasteiger partial charge on any atom is 0.317 e. The standard InChI is InChI=1S/C18H20Br6O12/c19-1-11(25)31-7-9(33-13(27)3-21)17(35-15(29)5-23)18(36-16(30)6-24)10(34-14(28)4-22)8-32-12(26)2-20/h9-10,17-18H,1-8H2/t9-,10+,17-,18-/m1/s1. The molecule has 0 aliphatic heterocycles. The summed E-state index contributed by atoms with van der Waals surface area (Å²) in [6.07, 6.45) is -6.43. The van der Waals surface area contributed by atoms with Crippen molar-refractivity contribution in [3.05, 3.63) is 0 Å². The van der Waals surface area contributed by atoms with Gasteiger partial charge in [0.25, 0.3) is 0 Å². The molecule has 0 radical (unpaired) electrons. The molecule has 18 heteroatoms. The van der Waals surface area contributed by atoms with Gasteiger partial charge in [0.05, 0.1) is 0 Å². The molecule has 0 saturated heterocycles. The SMILES string of the molecule is O=C(CBr)OC[C@H](OC(=O)CBr)[C@@H](OC(=O)CBr)[C@H](OC(=O)CBr)[C@@H](COC(=O)CBr)OC(=O)CBr. The zero-order valence-corrected chi connectivity index (χ0v) is 27.6. The van der Waals surface area contributed by atoms with E-state index >= 15 is 0 Å².